The molecule has 0 fully saturated rings. The van der Waals surface area contributed by atoms with Gasteiger partial charge in [0.25, 0.3) is 0 Å². The number of rotatable bonds is 5. The highest BCUT2D eigenvalue weighted by Crippen LogP contribution is 2.03. The van der Waals surface area contributed by atoms with Crippen molar-refractivity contribution in [2.75, 3.05) is 0 Å². The molecule has 0 saturated carbocycles. The Kier molecular flexibility index (Phi) is 5.72. The Balaban J connectivity index is 3.87. The zero-order valence-corrected chi connectivity index (χ0v) is 8.15. The number of hydrogen-bond acceptors (Lipinski definition) is 2. The highest BCUT2D eigenvalue weighted by molar-refractivity contribution is 6.64. The average molecular weight is 192 g/mol. The van der Waals surface area contributed by atoms with Gasteiger partial charge in [0.05, 0.1) is 0 Å². The first kappa shape index (κ1) is 11.4. The van der Waals surface area contributed by atoms with E-state index in [9.17, 15) is 9.59 Å². The molecule has 0 saturated heterocycles. The molecule has 0 rings (SSSR count). The molecule has 0 radical (unpaired) electrons. The normalized spacial score (nSPS) is 12.2. The second-order valence-electron chi connectivity index (χ2n) is 2.70. The van der Waals surface area contributed by atoms with Gasteiger partial charge in [0, 0.05) is 6.92 Å². The third kappa shape index (κ3) is 5.13. The van der Waals surface area contributed by atoms with E-state index in [0.717, 1.165) is 12.8 Å². The van der Waals surface area contributed by atoms with Crippen LogP contribution in [-0.2, 0) is 9.59 Å². The van der Waals surface area contributed by atoms with Gasteiger partial charge in [0.2, 0.25) is 11.1 Å². The number of carbonyl (C=O) groups excluding carboxylic acids is 2. The standard InChI is InChI=1S/C8H14ClNO2/c1-3-4-5-7(8(9)12)10-6(2)11/h7H,3-5H2,1-2H3,(H,10,11). The zero-order chi connectivity index (χ0) is 9.56. The van der Waals surface area contributed by atoms with Crippen LogP contribution in [0.25, 0.3) is 0 Å². The molecular formula is C8H14ClNO2. The number of hydrogen-bond donors (Lipinski definition) is 1. The van der Waals surface area contributed by atoms with E-state index in [4.69, 9.17) is 11.6 Å². The van der Waals surface area contributed by atoms with Crippen molar-refractivity contribution >= 4 is 22.8 Å². The lowest BCUT2D eigenvalue weighted by Gasteiger charge is -2.11. The van der Waals surface area contributed by atoms with Gasteiger partial charge in [0.1, 0.15) is 6.04 Å². The summed E-state index contributed by atoms with van der Waals surface area (Å²) in [5, 5.41) is 2.01. The largest absolute Gasteiger partial charge is 0.345 e. The van der Waals surface area contributed by atoms with E-state index < -0.39 is 11.3 Å². The molecule has 12 heavy (non-hydrogen) atoms. The Labute approximate surface area is 77.5 Å². The quantitative estimate of drug-likeness (QED) is 0.669. The Morgan fingerprint density at radius 1 is 1.50 bits per heavy atom. The molecule has 0 heterocycles. The van der Waals surface area contributed by atoms with E-state index in [1.54, 1.807) is 0 Å². The third-order valence-electron chi connectivity index (χ3n) is 1.50. The fraction of sp³-hybridized carbons (Fsp3) is 0.750. The topological polar surface area (TPSA) is 46.2 Å². The number of nitrogens with one attached hydrogen (secondary N) is 1. The van der Waals surface area contributed by atoms with Gasteiger partial charge in [-0.25, -0.2) is 0 Å². The molecule has 0 aliphatic carbocycles. The maximum Gasteiger partial charge on any atom is 0.243 e. The second-order valence-corrected chi connectivity index (χ2v) is 3.07. The number of halogens is 1. The van der Waals surface area contributed by atoms with E-state index in [1.165, 1.54) is 6.92 Å². The second kappa shape index (κ2) is 6.00. The van der Waals surface area contributed by atoms with Crippen LogP contribution >= 0.6 is 11.6 Å². The van der Waals surface area contributed by atoms with Crippen LogP contribution in [0, 0.1) is 0 Å². The van der Waals surface area contributed by atoms with Gasteiger partial charge in [-0.1, -0.05) is 19.8 Å². The predicted octanol–water partition coefficient (Wildman–Crippen LogP) is 1.45. The fourth-order valence-electron chi connectivity index (χ4n) is 0.896. The number of amides is 1. The van der Waals surface area contributed by atoms with Crippen LogP contribution in [0.1, 0.15) is 33.1 Å². The zero-order valence-electron chi connectivity index (χ0n) is 7.39. The maximum absolute atomic E-state index is 10.7. The minimum atomic E-state index is -0.510. The highest BCUT2D eigenvalue weighted by Gasteiger charge is 2.15. The van der Waals surface area contributed by atoms with Crippen molar-refractivity contribution in [3.8, 4) is 0 Å². The van der Waals surface area contributed by atoms with Gasteiger partial charge in [0.15, 0.2) is 0 Å². The van der Waals surface area contributed by atoms with Gasteiger partial charge in [-0.05, 0) is 18.0 Å². The summed E-state index contributed by atoms with van der Waals surface area (Å²) in [5.74, 6) is -0.217. The smallest absolute Gasteiger partial charge is 0.243 e. The van der Waals surface area contributed by atoms with Gasteiger partial charge < -0.3 is 5.32 Å². The molecule has 0 spiro atoms. The van der Waals surface area contributed by atoms with Crippen LogP contribution < -0.4 is 5.32 Å². The molecular weight excluding hydrogens is 178 g/mol. The summed E-state index contributed by atoms with van der Waals surface area (Å²) in [6, 6.07) is -0.510. The van der Waals surface area contributed by atoms with Crippen molar-refractivity contribution in [1.29, 1.82) is 0 Å². The molecule has 1 amide bonds. The Bertz CT molecular complexity index is 170. The lowest BCUT2D eigenvalue weighted by atomic mass is 10.1. The summed E-state index contributed by atoms with van der Waals surface area (Å²) in [6.45, 7) is 3.39. The lowest BCUT2D eigenvalue weighted by Crippen LogP contribution is -2.37. The van der Waals surface area contributed by atoms with E-state index in [2.05, 4.69) is 5.32 Å². The van der Waals surface area contributed by atoms with Crippen LogP contribution in [0.3, 0.4) is 0 Å². The SMILES string of the molecule is CCCCC(NC(C)=O)C(=O)Cl. The van der Waals surface area contributed by atoms with Crippen LogP contribution in [0.15, 0.2) is 0 Å². The van der Waals surface area contributed by atoms with E-state index in [-0.39, 0.29) is 5.91 Å². The molecule has 1 atom stereocenters. The summed E-state index contributed by atoms with van der Waals surface area (Å²) in [4.78, 5) is 21.3. The van der Waals surface area contributed by atoms with Crippen LogP contribution in [0.4, 0.5) is 0 Å². The number of carbonyl (C=O) groups is 2. The minimum Gasteiger partial charge on any atom is -0.345 e. The average Bonchev–Trinajstić information content (AvgIpc) is 1.96. The molecule has 70 valence electrons. The van der Waals surface area contributed by atoms with Crippen LogP contribution in [0.5, 0.6) is 0 Å². The van der Waals surface area contributed by atoms with Gasteiger partial charge >= 0.3 is 0 Å². The fourth-order valence-corrected chi connectivity index (χ4v) is 1.06. The number of unbranched alkanes of at least 4 members (excludes halogenated alkanes) is 1. The monoisotopic (exact) mass is 191 g/mol. The summed E-state index contributed by atoms with van der Waals surface area (Å²) in [5.41, 5.74) is 0. The first-order valence-electron chi connectivity index (χ1n) is 4.04. The lowest BCUT2D eigenvalue weighted by molar-refractivity contribution is -0.123. The first-order valence-corrected chi connectivity index (χ1v) is 4.42. The van der Waals surface area contributed by atoms with Crippen molar-refractivity contribution in [1.82, 2.24) is 5.32 Å². The van der Waals surface area contributed by atoms with Crippen LogP contribution in [-0.4, -0.2) is 17.2 Å². The molecule has 1 unspecified atom stereocenters. The molecule has 3 nitrogen and oxygen atoms in total. The van der Waals surface area contributed by atoms with Gasteiger partial charge in [-0.3, -0.25) is 9.59 Å². The molecule has 1 N–H and O–H groups in total. The van der Waals surface area contributed by atoms with E-state index in [1.807, 2.05) is 6.92 Å². The summed E-state index contributed by atoms with van der Waals surface area (Å²) in [7, 11) is 0. The van der Waals surface area contributed by atoms with E-state index in [0.29, 0.717) is 6.42 Å². The Morgan fingerprint density at radius 2 is 2.08 bits per heavy atom. The molecule has 0 bridgehead atoms. The summed E-state index contributed by atoms with van der Waals surface area (Å²) >= 11 is 5.27. The Morgan fingerprint density at radius 3 is 2.42 bits per heavy atom. The Hall–Kier alpha value is -0.570. The molecule has 0 aromatic heterocycles. The van der Waals surface area contributed by atoms with Crippen molar-refractivity contribution in [2.45, 2.75) is 39.2 Å². The molecule has 0 aliphatic heterocycles. The summed E-state index contributed by atoms with van der Waals surface area (Å²) < 4.78 is 0. The molecule has 0 aromatic carbocycles. The van der Waals surface area contributed by atoms with Crippen molar-refractivity contribution in [3.05, 3.63) is 0 Å². The van der Waals surface area contributed by atoms with Crippen molar-refractivity contribution in [2.24, 2.45) is 0 Å². The predicted molar refractivity (Wildman–Crippen MR) is 48.0 cm³/mol. The minimum absolute atomic E-state index is 0.217. The summed E-state index contributed by atoms with van der Waals surface area (Å²) in [6.07, 6.45) is 2.50. The third-order valence-corrected chi connectivity index (χ3v) is 1.76. The van der Waals surface area contributed by atoms with Gasteiger partial charge in [-0.2, -0.15) is 0 Å². The van der Waals surface area contributed by atoms with Crippen molar-refractivity contribution < 1.29 is 9.59 Å². The van der Waals surface area contributed by atoms with Crippen LogP contribution in [0.2, 0.25) is 0 Å². The van der Waals surface area contributed by atoms with Gasteiger partial charge in [-0.15, -0.1) is 0 Å². The maximum atomic E-state index is 10.7. The highest BCUT2D eigenvalue weighted by atomic mass is 35.5. The van der Waals surface area contributed by atoms with E-state index >= 15 is 0 Å². The molecule has 0 aliphatic rings. The molecule has 0 aromatic rings. The van der Waals surface area contributed by atoms with Crippen molar-refractivity contribution in [3.63, 3.8) is 0 Å². The molecule has 4 heteroatoms. The first-order chi connectivity index (χ1) is 5.57.